The monoisotopic (exact) mass is 572 g/mol. The fourth-order valence-electron chi connectivity index (χ4n) is 5.33. The molecule has 5 N–H and O–H groups in total. The fourth-order valence-corrected chi connectivity index (χ4v) is 5.33. The summed E-state index contributed by atoms with van der Waals surface area (Å²) < 4.78 is 33.4. The summed E-state index contributed by atoms with van der Waals surface area (Å²) in [5.74, 6) is -2.27. The molecule has 0 saturated carbocycles. The van der Waals surface area contributed by atoms with Gasteiger partial charge in [-0.15, -0.1) is 0 Å². The molecule has 0 unspecified atom stereocenters. The fraction of sp³-hybridized carbons (Fsp3) is 0.355. The van der Waals surface area contributed by atoms with Crippen molar-refractivity contribution < 1.29 is 18.3 Å². The number of rotatable bonds is 7. The van der Waals surface area contributed by atoms with Crippen LogP contribution in [-0.2, 0) is 11.2 Å². The first-order valence-electron chi connectivity index (χ1n) is 14.1. The van der Waals surface area contributed by atoms with Gasteiger partial charge in [0.05, 0.1) is 5.56 Å². The Kier molecular flexibility index (Phi) is 9.08. The molecule has 2 radical (unpaired) electrons. The molecule has 42 heavy (non-hydrogen) atoms. The van der Waals surface area contributed by atoms with E-state index in [9.17, 15) is 13.6 Å². The maximum Gasteiger partial charge on any atom is 0.258 e. The van der Waals surface area contributed by atoms with Crippen LogP contribution in [0.15, 0.2) is 48.5 Å². The molecule has 0 aliphatic carbocycles. The SMILES string of the molecule is [B]c1c(F)cc(Cc2ccc(N)c(C(=N)NC(=O)c3ccc(N4CCN(C)CC4)cc3NC3CCOCC3)c2)cc1F. The van der Waals surface area contributed by atoms with Gasteiger partial charge in [0.25, 0.3) is 5.91 Å². The van der Waals surface area contributed by atoms with Crippen LogP contribution in [0.5, 0.6) is 0 Å². The average Bonchev–Trinajstić information content (AvgIpc) is 2.97. The smallest absolute Gasteiger partial charge is 0.258 e. The highest BCUT2D eigenvalue weighted by Crippen LogP contribution is 2.27. The van der Waals surface area contributed by atoms with Crippen molar-refractivity contribution >= 4 is 42.1 Å². The van der Waals surface area contributed by atoms with Crippen LogP contribution in [0.25, 0.3) is 0 Å². The molecule has 5 rings (SSSR count). The van der Waals surface area contributed by atoms with Gasteiger partial charge in [-0.2, -0.15) is 0 Å². The number of ether oxygens (including phenoxy) is 1. The first-order valence-corrected chi connectivity index (χ1v) is 14.1. The van der Waals surface area contributed by atoms with Crippen molar-refractivity contribution in [1.82, 2.24) is 10.2 Å². The Morgan fingerprint density at radius 1 is 1.00 bits per heavy atom. The molecule has 0 aromatic heterocycles. The van der Waals surface area contributed by atoms with E-state index < -0.39 is 23.0 Å². The molecule has 2 aliphatic heterocycles. The Morgan fingerprint density at radius 3 is 2.38 bits per heavy atom. The molecule has 2 saturated heterocycles. The summed E-state index contributed by atoms with van der Waals surface area (Å²) >= 11 is 0. The van der Waals surface area contributed by atoms with Gasteiger partial charge >= 0.3 is 0 Å². The predicted molar refractivity (Wildman–Crippen MR) is 163 cm³/mol. The number of nitrogen functional groups attached to an aromatic ring is 1. The molecule has 2 heterocycles. The van der Waals surface area contributed by atoms with E-state index in [2.05, 4.69) is 27.5 Å². The number of nitrogens with one attached hydrogen (secondary N) is 3. The molecule has 0 atom stereocenters. The number of carbonyl (C=O) groups excluding carboxylic acids is 1. The first-order chi connectivity index (χ1) is 20.2. The normalized spacial score (nSPS) is 16.3. The molecule has 0 bridgehead atoms. The average molecular weight is 572 g/mol. The van der Waals surface area contributed by atoms with Gasteiger partial charge in [0.2, 0.25) is 0 Å². The van der Waals surface area contributed by atoms with Crippen molar-refractivity contribution in [3.05, 3.63) is 82.4 Å². The minimum absolute atomic E-state index is 0.169. The zero-order valence-corrected chi connectivity index (χ0v) is 23.7. The number of nitrogens with zero attached hydrogens (tertiary/aromatic N) is 2. The van der Waals surface area contributed by atoms with Crippen LogP contribution in [0.1, 0.15) is 39.9 Å². The second-order valence-corrected chi connectivity index (χ2v) is 11.0. The summed E-state index contributed by atoms with van der Waals surface area (Å²) in [6.45, 7) is 5.04. The molecule has 11 heteroatoms. The highest BCUT2D eigenvalue weighted by molar-refractivity contribution is 6.32. The second kappa shape index (κ2) is 12.9. The van der Waals surface area contributed by atoms with E-state index in [4.69, 9.17) is 23.7 Å². The lowest BCUT2D eigenvalue weighted by molar-refractivity contribution is 0.0904. The summed E-state index contributed by atoms with van der Waals surface area (Å²) in [4.78, 5) is 18.1. The second-order valence-electron chi connectivity index (χ2n) is 11.0. The Balaban J connectivity index is 1.35. The number of halogens is 2. The Morgan fingerprint density at radius 2 is 1.69 bits per heavy atom. The number of hydrogen-bond donors (Lipinski definition) is 4. The van der Waals surface area contributed by atoms with Gasteiger partial charge in [0, 0.05) is 68.1 Å². The summed E-state index contributed by atoms with van der Waals surface area (Å²) in [5, 5.41) is 14.9. The molecule has 0 spiro atoms. The van der Waals surface area contributed by atoms with Crippen LogP contribution in [0, 0.1) is 17.0 Å². The Labute approximate surface area is 246 Å². The maximum absolute atomic E-state index is 14.0. The summed E-state index contributed by atoms with van der Waals surface area (Å²) in [6.07, 6.45) is 1.86. The number of piperazine rings is 1. The minimum Gasteiger partial charge on any atom is -0.398 e. The van der Waals surface area contributed by atoms with E-state index >= 15 is 0 Å². The minimum atomic E-state index is -0.829. The van der Waals surface area contributed by atoms with Crippen LogP contribution >= 0.6 is 0 Å². The first kappa shape index (κ1) is 29.5. The maximum atomic E-state index is 14.0. The predicted octanol–water partition coefficient (Wildman–Crippen LogP) is 3.03. The van der Waals surface area contributed by atoms with Crippen molar-refractivity contribution in [2.24, 2.45) is 0 Å². The molecule has 1 amide bonds. The Hall–Kier alpha value is -3.96. The molecule has 3 aromatic rings. The number of likely N-dealkylation sites (N-methyl/N-ethyl adjacent to an activating group) is 1. The number of amides is 1. The summed E-state index contributed by atoms with van der Waals surface area (Å²) in [7, 11) is 7.50. The number of nitrogens with two attached hydrogens (primary N) is 1. The van der Waals surface area contributed by atoms with Gasteiger partial charge in [-0.25, -0.2) is 8.78 Å². The molecule has 2 aliphatic rings. The lowest BCUT2D eigenvalue weighted by Gasteiger charge is -2.34. The largest absolute Gasteiger partial charge is 0.398 e. The van der Waals surface area contributed by atoms with Gasteiger partial charge in [0.15, 0.2) is 0 Å². The Bertz CT molecular complexity index is 1450. The molecule has 3 aromatic carbocycles. The third kappa shape index (κ3) is 6.91. The van der Waals surface area contributed by atoms with E-state index in [1.807, 2.05) is 12.1 Å². The zero-order valence-electron chi connectivity index (χ0n) is 23.7. The lowest BCUT2D eigenvalue weighted by Crippen LogP contribution is -2.44. The van der Waals surface area contributed by atoms with Crippen molar-refractivity contribution in [1.29, 1.82) is 5.41 Å². The quantitative estimate of drug-likeness (QED) is 0.150. The summed E-state index contributed by atoms with van der Waals surface area (Å²) in [5.41, 5.74) is 9.47. The van der Waals surface area contributed by atoms with Gasteiger partial charge in [-0.3, -0.25) is 10.2 Å². The van der Waals surface area contributed by atoms with E-state index in [-0.39, 0.29) is 18.3 Å². The molecule has 2 fully saturated rings. The third-order valence-electron chi connectivity index (χ3n) is 7.87. The van der Waals surface area contributed by atoms with Gasteiger partial charge < -0.3 is 30.9 Å². The lowest BCUT2D eigenvalue weighted by atomic mass is 9.92. The van der Waals surface area contributed by atoms with Crippen LogP contribution < -0.4 is 26.7 Å². The van der Waals surface area contributed by atoms with E-state index in [0.717, 1.165) is 44.7 Å². The topological polar surface area (TPSA) is 107 Å². The number of anilines is 3. The van der Waals surface area contributed by atoms with Crippen LogP contribution in [0.3, 0.4) is 0 Å². The van der Waals surface area contributed by atoms with Crippen molar-refractivity contribution in [3.8, 4) is 0 Å². The van der Waals surface area contributed by atoms with Crippen LogP contribution in [-0.4, -0.2) is 77.0 Å². The molecular formula is C31H35BF2N6O2. The van der Waals surface area contributed by atoms with Gasteiger partial charge in [-0.05, 0) is 85.4 Å². The van der Waals surface area contributed by atoms with Gasteiger partial charge in [0.1, 0.15) is 25.3 Å². The third-order valence-corrected chi connectivity index (χ3v) is 7.87. The number of carbonyl (C=O) groups is 1. The number of hydrogen-bond acceptors (Lipinski definition) is 7. The van der Waals surface area contributed by atoms with Crippen LogP contribution in [0.2, 0.25) is 0 Å². The van der Waals surface area contributed by atoms with E-state index in [0.29, 0.717) is 46.8 Å². The highest BCUT2D eigenvalue weighted by Gasteiger charge is 2.22. The van der Waals surface area contributed by atoms with E-state index in [1.165, 1.54) is 12.1 Å². The standard InChI is InChI=1S/C31H35BF2N6O2/c1-39-8-10-40(11-9-39)22-3-4-23(28(18-22)37-21-6-12-42-13-7-21)31(41)38-30(36)24-15-19(2-5-27(24)35)14-20-16-25(33)29(32)26(34)17-20/h2-5,15-18,21,37H,6-14,35H2,1H3,(H2,36,38,41). The molecule has 8 nitrogen and oxygen atoms in total. The van der Waals surface area contributed by atoms with Crippen molar-refractivity contribution in [2.75, 3.05) is 62.4 Å². The van der Waals surface area contributed by atoms with Gasteiger partial charge in [-0.1, -0.05) is 6.07 Å². The van der Waals surface area contributed by atoms with E-state index in [1.54, 1.807) is 24.3 Å². The highest BCUT2D eigenvalue weighted by atomic mass is 19.1. The number of benzene rings is 3. The number of amidine groups is 1. The summed E-state index contributed by atoms with van der Waals surface area (Å²) in [6, 6.07) is 13.2. The molecule has 218 valence electrons. The molecular weight excluding hydrogens is 537 g/mol. The van der Waals surface area contributed by atoms with Crippen molar-refractivity contribution in [3.63, 3.8) is 0 Å². The van der Waals surface area contributed by atoms with Crippen LogP contribution in [0.4, 0.5) is 25.8 Å². The van der Waals surface area contributed by atoms with Crippen molar-refractivity contribution in [2.45, 2.75) is 25.3 Å². The zero-order chi connectivity index (χ0) is 29.8.